The maximum absolute atomic E-state index is 4.15. The van der Waals surface area contributed by atoms with Crippen LogP contribution in [0.15, 0.2) is 67.0 Å². The molecule has 1 aromatic carbocycles. The molecule has 4 atom stereocenters. The number of nitrogens with one attached hydrogen (secondary N) is 1. The Balaban J connectivity index is 1.52. The second-order valence-corrected chi connectivity index (χ2v) is 6.57. The molecule has 1 fully saturated rings. The third-order valence-corrected chi connectivity index (χ3v) is 5.17. The molecule has 2 aromatic rings. The largest absolute Gasteiger partial charge is 0.306 e. The van der Waals surface area contributed by atoms with Crippen molar-refractivity contribution in [1.29, 1.82) is 0 Å². The van der Waals surface area contributed by atoms with Crippen LogP contribution in [-0.2, 0) is 0 Å². The summed E-state index contributed by atoms with van der Waals surface area (Å²) < 4.78 is 0. The van der Waals surface area contributed by atoms with Crippen LogP contribution in [0.1, 0.15) is 30.0 Å². The molecular weight excluding hydrogens is 268 g/mol. The lowest BCUT2D eigenvalue weighted by molar-refractivity contribution is 0.399. The first-order valence-electron chi connectivity index (χ1n) is 8.27. The zero-order chi connectivity index (χ0) is 14.8. The molecule has 22 heavy (non-hydrogen) atoms. The quantitative estimate of drug-likeness (QED) is 0.843. The summed E-state index contributed by atoms with van der Waals surface area (Å²) in [6.07, 6.45) is 11.3. The van der Waals surface area contributed by atoms with Gasteiger partial charge in [0.05, 0.1) is 6.04 Å². The van der Waals surface area contributed by atoms with E-state index < -0.39 is 0 Å². The van der Waals surface area contributed by atoms with Crippen molar-refractivity contribution in [1.82, 2.24) is 10.3 Å². The number of rotatable bonds is 5. The van der Waals surface area contributed by atoms with E-state index in [1.807, 2.05) is 12.4 Å². The minimum Gasteiger partial charge on any atom is -0.306 e. The number of hydrogen-bond donors (Lipinski definition) is 1. The van der Waals surface area contributed by atoms with Gasteiger partial charge in [-0.2, -0.15) is 0 Å². The summed E-state index contributed by atoms with van der Waals surface area (Å²) in [4.78, 5) is 4.15. The average molecular weight is 290 g/mol. The second-order valence-electron chi connectivity index (χ2n) is 6.57. The van der Waals surface area contributed by atoms with Gasteiger partial charge in [-0.25, -0.2) is 0 Å². The van der Waals surface area contributed by atoms with Crippen LogP contribution < -0.4 is 5.32 Å². The molecule has 0 amide bonds. The molecule has 112 valence electrons. The van der Waals surface area contributed by atoms with E-state index in [4.69, 9.17) is 0 Å². The van der Waals surface area contributed by atoms with Crippen LogP contribution in [0.2, 0.25) is 0 Å². The summed E-state index contributed by atoms with van der Waals surface area (Å²) in [6, 6.07) is 15.2. The zero-order valence-electron chi connectivity index (χ0n) is 12.7. The number of benzene rings is 1. The summed E-state index contributed by atoms with van der Waals surface area (Å²) in [5.74, 6) is 2.43. The van der Waals surface area contributed by atoms with Gasteiger partial charge in [0.25, 0.3) is 0 Å². The summed E-state index contributed by atoms with van der Waals surface area (Å²) in [5.41, 5.74) is 2.62. The van der Waals surface area contributed by atoms with Crippen LogP contribution in [0.25, 0.3) is 0 Å². The average Bonchev–Trinajstić information content (AvgIpc) is 3.20. The van der Waals surface area contributed by atoms with Crippen LogP contribution in [0.5, 0.6) is 0 Å². The van der Waals surface area contributed by atoms with Gasteiger partial charge < -0.3 is 5.32 Å². The molecule has 2 nitrogen and oxygen atoms in total. The number of aromatic nitrogens is 1. The van der Waals surface area contributed by atoms with Crippen molar-refractivity contribution in [2.24, 2.45) is 17.8 Å². The van der Waals surface area contributed by atoms with Crippen molar-refractivity contribution in [3.8, 4) is 0 Å². The molecule has 1 heterocycles. The van der Waals surface area contributed by atoms with E-state index in [9.17, 15) is 0 Å². The van der Waals surface area contributed by atoms with Gasteiger partial charge in [0.15, 0.2) is 0 Å². The number of pyridine rings is 1. The van der Waals surface area contributed by atoms with Crippen LogP contribution >= 0.6 is 0 Å². The molecule has 1 N–H and O–H groups in total. The highest BCUT2D eigenvalue weighted by molar-refractivity contribution is 5.30. The molecular formula is C20H22N2. The molecule has 2 aliphatic rings. The Kier molecular flexibility index (Phi) is 3.77. The van der Waals surface area contributed by atoms with Gasteiger partial charge in [-0.05, 0) is 60.4 Å². The van der Waals surface area contributed by atoms with Gasteiger partial charge in [0.2, 0.25) is 0 Å². The molecule has 1 saturated carbocycles. The molecule has 0 aliphatic heterocycles. The van der Waals surface area contributed by atoms with Crippen LogP contribution in [0, 0.1) is 17.8 Å². The highest BCUT2D eigenvalue weighted by Gasteiger charge is 2.35. The molecule has 2 heteroatoms. The van der Waals surface area contributed by atoms with E-state index in [2.05, 4.69) is 64.9 Å². The number of hydrogen-bond acceptors (Lipinski definition) is 2. The third kappa shape index (κ3) is 2.71. The van der Waals surface area contributed by atoms with E-state index in [1.165, 1.54) is 24.0 Å². The Morgan fingerprint density at radius 3 is 2.41 bits per heavy atom. The van der Waals surface area contributed by atoms with Crippen LogP contribution in [0.3, 0.4) is 0 Å². The molecule has 0 saturated heterocycles. The maximum Gasteiger partial charge on any atom is 0.0577 e. The third-order valence-electron chi connectivity index (χ3n) is 5.17. The minimum atomic E-state index is 0.257. The first-order chi connectivity index (χ1) is 10.9. The zero-order valence-corrected chi connectivity index (χ0v) is 12.7. The molecule has 1 aromatic heterocycles. The van der Waals surface area contributed by atoms with Crippen LogP contribution in [-0.4, -0.2) is 11.5 Å². The van der Waals surface area contributed by atoms with Crippen molar-refractivity contribution in [3.05, 3.63) is 78.1 Å². The Bertz CT molecular complexity index is 596. The lowest BCUT2D eigenvalue weighted by Gasteiger charge is -2.24. The van der Waals surface area contributed by atoms with Gasteiger partial charge in [0.1, 0.15) is 0 Å². The predicted molar refractivity (Wildman–Crippen MR) is 89.4 cm³/mol. The van der Waals surface area contributed by atoms with Gasteiger partial charge in [-0.1, -0.05) is 42.5 Å². The summed E-state index contributed by atoms with van der Waals surface area (Å²) in [7, 11) is 0. The Morgan fingerprint density at radius 1 is 0.955 bits per heavy atom. The van der Waals surface area contributed by atoms with E-state index in [-0.39, 0.29) is 6.04 Å². The molecule has 0 radical (unpaired) electrons. The monoisotopic (exact) mass is 290 g/mol. The Hall–Kier alpha value is -1.93. The van der Waals surface area contributed by atoms with Crippen molar-refractivity contribution in [3.63, 3.8) is 0 Å². The number of nitrogens with zero attached hydrogens (tertiary/aromatic N) is 1. The second kappa shape index (κ2) is 6.05. The Labute approximate surface area is 132 Å². The molecule has 2 aliphatic carbocycles. The summed E-state index contributed by atoms with van der Waals surface area (Å²) >= 11 is 0. The maximum atomic E-state index is 4.15. The lowest BCUT2D eigenvalue weighted by Crippen LogP contribution is -2.30. The van der Waals surface area contributed by atoms with E-state index in [1.54, 1.807) is 0 Å². The first-order valence-corrected chi connectivity index (χ1v) is 8.27. The topological polar surface area (TPSA) is 24.9 Å². The van der Waals surface area contributed by atoms with E-state index in [0.29, 0.717) is 0 Å². The highest BCUT2D eigenvalue weighted by atomic mass is 14.9. The standard InChI is InChI=1S/C20H22N2/c1-2-4-16(5-3-1)20(17-8-10-21-11-9-17)22-14-19-13-15-6-7-18(19)12-15/h1-11,15,18-20,22H,12-14H2. The van der Waals surface area contributed by atoms with Gasteiger partial charge >= 0.3 is 0 Å². The van der Waals surface area contributed by atoms with Gasteiger partial charge in [0, 0.05) is 12.4 Å². The lowest BCUT2D eigenvalue weighted by atomic mass is 9.92. The fraction of sp³-hybridized carbons (Fsp3) is 0.350. The minimum absolute atomic E-state index is 0.257. The van der Waals surface area contributed by atoms with E-state index >= 15 is 0 Å². The van der Waals surface area contributed by atoms with Crippen molar-refractivity contribution in [2.75, 3.05) is 6.54 Å². The highest BCUT2D eigenvalue weighted by Crippen LogP contribution is 2.43. The normalized spacial score (nSPS) is 27.2. The van der Waals surface area contributed by atoms with Crippen molar-refractivity contribution < 1.29 is 0 Å². The summed E-state index contributed by atoms with van der Waals surface area (Å²) in [6.45, 7) is 1.09. The fourth-order valence-corrected chi connectivity index (χ4v) is 4.03. The fourth-order valence-electron chi connectivity index (χ4n) is 4.03. The number of allylic oxidation sites excluding steroid dienone is 2. The van der Waals surface area contributed by atoms with Gasteiger partial charge in [-0.3, -0.25) is 4.98 Å². The van der Waals surface area contributed by atoms with E-state index in [0.717, 1.165) is 24.3 Å². The van der Waals surface area contributed by atoms with Crippen molar-refractivity contribution in [2.45, 2.75) is 18.9 Å². The summed E-state index contributed by atoms with van der Waals surface area (Å²) in [5, 5.41) is 3.82. The molecule has 4 unspecified atom stereocenters. The molecule has 4 rings (SSSR count). The smallest absolute Gasteiger partial charge is 0.0577 e. The predicted octanol–water partition coefficient (Wildman–Crippen LogP) is 3.97. The van der Waals surface area contributed by atoms with Crippen molar-refractivity contribution >= 4 is 0 Å². The molecule has 0 spiro atoms. The van der Waals surface area contributed by atoms with Gasteiger partial charge in [-0.15, -0.1) is 0 Å². The first kappa shape index (κ1) is 13.7. The molecule has 2 bridgehead atoms. The number of fused-ring (bicyclic) bond motifs is 2. The SMILES string of the molecule is C1=CC2CC1CC2CNC(c1ccccc1)c1ccncc1. The van der Waals surface area contributed by atoms with Crippen LogP contribution in [0.4, 0.5) is 0 Å². The Morgan fingerprint density at radius 2 is 1.73 bits per heavy atom.